The van der Waals surface area contributed by atoms with E-state index < -0.39 is 10.2 Å². The van der Waals surface area contributed by atoms with Crippen LogP contribution in [0.2, 0.25) is 0 Å². The fourth-order valence-corrected chi connectivity index (χ4v) is 5.22. The van der Waals surface area contributed by atoms with Crippen molar-refractivity contribution in [3.8, 4) is 0 Å². The summed E-state index contributed by atoms with van der Waals surface area (Å²) in [6, 6.07) is 0. The number of likely N-dealkylation sites (N-methyl/N-ethyl adjacent to an activating group) is 1. The second kappa shape index (κ2) is 7.65. The zero-order chi connectivity index (χ0) is 17.2. The van der Waals surface area contributed by atoms with Crippen LogP contribution < -0.4 is 5.32 Å². The summed E-state index contributed by atoms with van der Waals surface area (Å²) in [4.78, 5) is 16.5. The molecule has 8 nitrogen and oxygen atoms in total. The number of amides is 1. The van der Waals surface area contributed by atoms with Crippen molar-refractivity contribution in [1.29, 1.82) is 0 Å². The number of piperidine rings is 1. The molecule has 1 amide bonds. The van der Waals surface area contributed by atoms with Crippen LogP contribution in [0, 0.1) is 5.92 Å². The van der Waals surface area contributed by atoms with E-state index in [-0.39, 0.29) is 11.8 Å². The van der Waals surface area contributed by atoms with Crippen molar-refractivity contribution in [3.05, 3.63) is 0 Å². The predicted molar refractivity (Wildman–Crippen MR) is 91.7 cm³/mol. The van der Waals surface area contributed by atoms with Gasteiger partial charge in [0.25, 0.3) is 10.2 Å². The molecule has 3 aliphatic rings. The van der Waals surface area contributed by atoms with E-state index in [1.165, 1.54) is 0 Å². The van der Waals surface area contributed by atoms with Crippen LogP contribution in [0.1, 0.15) is 12.8 Å². The predicted octanol–water partition coefficient (Wildman–Crippen LogP) is -1.38. The number of carbonyl (C=O) groups is 1. The summed E-state index contributed by atoms with van der Waals surface area (Å²) in [5.41, 5.74) is 0. The molecule has 1 unspecified atom stereocenters. The standard InChI is InChI=1S/C15H29N5O3S/c1-17-5-9-19(10-6-17)24(22,23)20-11-7-18(8-12-20)15(21)14-3-2-4-16-13-14/h14,16H,2-13H2,1H3. The molecule has 1 N–H and O–H groups in total. The van der Waals surface area contributed by atoms with Gasteiger partial charge in [-0.25, -0.2) is 0 Å². The molecule has 0 radical (unpaired) electrons. The second-order valence-corrected chi connectivity index (χ2v) is 8.91. The van der Waals surface area contributed by atoms with Gasteiger partial charge in [0.05, 0.1) is 5.92 Å². The molecule has 0 spiro atoms. The van der Waals surface area contributed by atoms with Crippen LogP contribution in [-0.4, -0.2) is 105 Å². The number of carbonyl (C=O) groups excluding carboxylic acids is 1. The maximum Gasteiger partial charge on any atom is 0.282 e. The van der Waals surface area contributed by atoms with Gasteiger partial charge in [-0.3, -0.25) is 4.79 Å². The monoisotopic (exact) mass is 359 g/mol. The first-order valence-corrected chi connectivity index (χ1v) is 10.3. The highest BCUT2D eigenvalue weighted by atomic mass is 32.2. The van der Waals surface area contributed by atoms with Gasteiger partial charge in [0.1, 0.15) is 0 Å². The number of piperazine rings is 2. The van der Waals surface area contributed by atoms with Gasteiger partial charge in [0, 0.05) is 58.9 Å². The molecule has 3 rings (SSSR count). The third kappa shape index (κ3) is 3.91. The van der Waals surface area contributed by atoms with Crippen LogP contribution in [0.25, 0.3) is 0 Å². The Morgan fingerprint density at radius 3 is 2.08 bits per heavy atom. The lowest BCUT2D eigenvalue weighted by Gasteiger charge is -2.40. The Kier molecular flexibility index (Phi) is 5.76. The Bertz CT molecular complexity index is 533. The van der Waals surface area contributed by atoms with Gasteiger partial charge >= 0.3 is 0 Å². The van der Waals surface area contributed by atoms with Crippen molar-refractivity contribution >= 4 is 16.1 Å². The van der Waals surface area contributed by atoms with E-state index in [0.29, 0.717) is 39.3 Å². The van der Waals surface area contributed by atoms with E-state index in [1.807, 2.05) is 11.9 Å². The lowest BCUT2D eigenvalue weighted by molar-refractivity contribution is -0.137. The molecule has 24 heavy (non-hydrogen) atoms. The second-order valence-electron chi connectivity index (χ2n) is 6.98. The summed E-state index contributed by atoms with van der Waals surface area (Å²) >= 11 is 0. The maximum atomic E-state index is 12.7. The van der Waals surface area contributed by atoms with E-state index >= 15 is 0 Å². The Morgan fingerprint density at radius 1 is 0.958 bits per heavy atom. The smallest absolute Gasteiger partial charge is 0.282 e. The van der Waals surface area contributed by atoms with Crippen molar-refractivity contribution in [2.24, 2.45) is 5.92 Å². The molecule has 3 aliphatic heterocycles. The first-order valence-electron chi connectivity index (χ1n) is 8.92. The van der Waals surface area contributed by atoms with Crippen molar-refractivity contribution in [3.63, 3.8) is 0 Å². The fourth-order valence-electron chi connectivity index (χ4n) is 3.64. The summed E-state index contributed by atoms with van der Waals surface area (Å²) in [6.07, 6.45) is 1.97. The zero-order valence-corrected chi connectivity index (χ0v) is 15.3. The van der Waals surface area contributed by atoms with Crippen LogP contribution >= 0.6 is 0 Å². The SMILES string of the molecule is CN1CCN(S(=O)(=O)N2CCN(C(=O)C3CCCNC3)CC2)CC1. The molecule has 138 valence electrons. The molecule has 0 aromatic carbocycles. The molecular formula is C15H29N5O3S. The zero-order valence-electron chi connectivity index (χ0n) is 14.5. The lowest BCUT2D eigenvalue weighted by Crippen LogP contribution is -2.58. The van der Waals surface area contributed by atoms with E-state index in [0.717, 1.165) is 39.0 Å². The first-order chi connectivity index (χ1) is 11.5. The van der Waals surface area contributed by atoms with Crippen molar-refractivity contribution in [2.45, 2.75) is 12.8 Å². The van der Waals surface area contributed by atoms with Crippen LogP contribution in [-0.2, 0) is 15.0 Å². The number of nitrogens with zero attached hydrogens (tertiary/aromatic N) is 4. The highest BCUT2D eigenvalue weighted by molar-refractivity contribution is 7.86. The Balaban J connectivity index is 1.53. The van der Waals surface area contributed by atoms with Gasteiger partial charge in [-0.05, 0) is 26.4 Å². The average Bonchev–Trinajstić information content (AvgIpc) is 2.62. The van der Waals surface area contributed by atoms with Crippen LogP contribution in [0.5, 0.6) is 0 Å². The number of hydrogen-bond acceptors (Lipinski definition) is 5. The summed E-state index contributed by atoms with van der Waals surface area (Å²) < 4.78 is 28.6. The van der Waals surface area contributed by atoms with E-state index in [9.17, 15) is 13.2 Å². The third-order valence-electron chi connectivity index (χ3n) is 5.31. The number of hydrogen-bond donors (Lipinski definition) is 1. The van der Waals surface area contributed by atoms with E-state index in [1.54, 1.807) is 8.61 Å². The number of nitrogens with one attached hydrogen (secondary N) is 1. The summed E-state index contributed by atoms with van der Waals surface area (Å²) in [5, 5.41) is 3.27. The van der Waals surface area contributed by atoms with Gasteiger partial charge < -0.3 is 15.1 Å². The quantitative estimate of drug-likeness (QED) is 0.672. The third-order valence-corrected chi connectivity index (χ3v) is 7.35. The molecule has 3 heterocycles. The Labute approximate surface area is 144 Å². The minimum absolute atomic E-state index is 0.0551. The van der Waals surface area contributed by atoms with Gasteiger partial charge in [0.15, 0.2) is 0 Å². The largest absolute Gasteiger partial charge is 0.340 e. The van der Waals surface area contributed by atoms with E-state index in [2.05, 4.69) is 10.2 Å². The van der Waals surface area contributed by atoms with Gasteiger partial charge in [-0.1, -0.05) is 0 Å². The van der Waals surface area contributed by atoms with Gasteiger partial charge in [-0.2, -0.15) is 17.0 Å². The number of rotatable bonds is 3. The fraction of sp³-hybridized carbons (Fsp3) is 0.933. The summed E-state index contributed by atoms with van der Waals surface area (Å²) in [7, 11) is -1.38. The van der Waals surface area contributed by atoms with Crippen LogP contribution in [0.4, 0.5) is 0 Å². The topological polar surface area (TPSA) is 76.2 Å². The summed E-state index contributed by atoms with van der Waals surface area (Å²) in [5.74, 6) is 0.235. The maximum absolute atomic E-state index is 12.7. The molecule has 0 aromatic rings. The van der Waals surface area contributed by atoms with Gasteiger partial charge in [0.2, 0.25) is 5.91 Å². The highest BCUT2D eigenvalue weighted by Crippen LogP contribution is 2.18. The molecule has 0 bridgehead atoms. The highest BCUT2D eigenvalue weighted by Gasteiger charge is 2.35. The molecule has 9 heteroatoms. The molecule has 3 fully saturated rings. The lowest BCUT2D eigenvalue weighted by atomic mass is 9.98. The van der Waals surface area contributed by atoms with Crippen molar-refractivity contribution < 1.29 is 13.2 Å². The average molecular weight is 359 g/mol. The van der Waals surface area contributed by atoms with Crippen LogP contribution in [0.3, 0.4) is 0 Å². The molecule has 1 atom stereocenters. The van der Waals surface area contributed by atoms with Crippen LogP contribution in [0.15, 0.2) is 0 Å². The first kappa shape index (κ1) is 18.1. The molecule has 3 saturated heterocycles. The minimum atomic E-state index is -3.39. The normalized spacial score (nSPS) is 28.9. The van der Waals surface area contributed by atoms with Crippen molar-refractivity contribution in [1.82, 2.24) is 23.7 Å². The van der Waals surface area contributed by atoms with Gasteiger partial charge in [-0.15, -0.1) is 0 Å². The molecule has 0 saturated carbocycles. The molecule has 0 aromatic heterocycles. The molecule has 0 aliphatic carbocycles. The minimum Gasteiger partial charge on any atom is -0.340 e. The van der Waals surface area contributed by atoms with E-state index in [4.69, 9.17) is 0 Å². The molecular weight excluding hydrogens is 330 g/mol. The Hall–Kier alpha value is -0.740. The Morgan fingerprint density at radius 2 is 1.54 bits per heavy atom. The van der Waals surface area contributed by atoms with Crippen molar-refractivity contribution in [2.75, 3.05) is 72.5 Å². The summed E-state index contributed by atoms with van der Waals surface area (Å²) in [6.45, 7) is 6.18.